The van der Waals surface area contributed by atoms with Crippen LogP contribution >= 0.6 is 0 Å². The van der Waals surface area contributed by atoms with Crippen LogP contribution in [-0.2, 0) is 10.8 Å². The zero-order chi connectivity index (χ0) is 30.1. The van der Waals surface area contributed by atoms with Gasteiger partial charge in [0.25, 0.3) is 0 Å². The number of hydrogen-bond acceptors (Lipinski definition) is 4. The first-order valence-electron chi connectivity index (χ1n) is 14.2. The molecular formula is C33H52N2O4. The average molecular weight is 541 g/mol. The molecule has 0 saturated heterocycles. The van der Waals surface area contributed by atoms with Gasteiger partial charge in [0.1, 0.15) is 11.5 Å². The Balaban J connectivity index is 0.00000371. The molecule has 0 bridgehead atoms. The van der Waals surface area contributed by atoms with Crippen molar-refractivity contribution in [2.75, 3.05) is 0 Å². The number of benzene rings is 2. The maximum Gasteiger partial charge on any atom is 0.413 e. The zero-order valence-corrected chi connectivity index (χ0v) is 26.4. The summed E-state index contributed by atoms with van der Waals surface area (Å²) in [5.41, 5.74) is 1.24. The van der Waals surface area contributed by atoms with Crippen LogP contribution in [0.15, 0.2) is 48.5 Å². The number of ether oxygens (including phenoxy) is 2. The Morgan fingerprint density at radius 2 is 0.872 bits per heavy atom. The van der Waals surface area contributed by atoms with Crippen LogP contribution in [0.3, 0.4) is 0 Å². The molecule has 2 rings (SSSR count). The third kappa shape index (κ3) is 10.9. The molecule has 39 heavy (non-hydrogen) atoms. The maximum absolute atomic E-state index is 12.6. The molecule has 0 spiro atoms. The highest BCUT2D eigenvalue weighted by Crippen LogP contribution is 2.29. The molecule has 2 aromatic carbocycles. The van der Waals surface area contributed by atoms with Gasteiger partial charge in [-0.25, -0.2) is 9.59 Å². The fourth-order valence-corrected chi connectivity index (χ4v) is 4.37. The van der Waals surface area contributed by atoms with Gasteiger partial charge in [0.05, 0.1) is 0 Å². The quantitative estimate of drug-likeness (QED) is 0.315. The van der Waals surface area contributed by atoms with Gasteiger partial charge in [0.2, 0.25) is 0 Å². The van der Waals surface area contributed by atoms with E-state index in [1.807, 2.05) is 90.1 Å². The second kappa shape index (κ2) is 13.9. The topological polar surface area (TPSA) is 76.7 Å². The van der Waals surface area contributed by atoms with Gasteiger partial charge in [0, 0.05) is 11.1 Å². The predicted octanol–water partition coefficient (Wildman–Crippen LogP) is 8.91. The van der Waals surface area contributed by atoms with Crippen LogP contribution in [0, 0.1) is 0 Å². The van der Waals surface area contributed by atoms with Crippen molar-refractivity contribution in [3.63, 3.8) is 0 Å². The molecule has 2 amide bonds. The molecule has 2 N–H and O–H groups in total. The molecule has 0 saturated carbocycles. The molecule has 0 aliphatic carbocycles. The summed E-state index contributed by atoms with van der Waals surface area (Å²) in [6.45, 7) is 24.6. The standard InChI is InChI=1S/C31H46N2O4.C2H6/c1-11-28(3,4)22-13-17-24(18-14-22)36-26(34)32-30(7,8)21-31(9,10)33-27(35)37-25-19-15-23(16-20-25)29(5,6)12-2;1-2/h13-20H,11-12,21H2,1-10H3,(H,32,34)(H,33,35);1-2H3. The zero-order valence-electron chi connectivity index (χ0n) is 26.4. The second-order valence-electron chi connectivity index (χ2n) is 12.5. The van der Waals surface area contributed by atoms with Crippen molar-refractivity contribution in [3.05, 3.63) is 59.7 Å². The van der Waals surface area contributed by atoms with E-state index < -0.39 is 23.3 Å². The van der Waals surface area contributed by atoms with Gasteiger partial charge in [-0.05, 0) is 93.2 Å². The highest BCUT2D eigenvalue weighted by Gasteiger charge is 2.32. The molecule has 2 aromatic rings. The Labute approximate surface area is 237 Å². The van der Waals surface area contributed by atoms with E-state index in [0.717, 1.165) is 12.8 Å². The number of amides is 2. The first kappa shape index (κ1) is 34.0. The van der Waals surface area contributed by atoms with Crippen LogP contribution in [-0.4, -0.2) is 23.3 Å². The van der Waals surface area contributed by atoms with Gasteiger partial charge in [-0.15, -0.1) is 0 Å². The van der Waals surface area contributed by atoms with Gasteiger partial charge in [-0.3, -0.25) is 0 Å². The summed E-state index contributed by atoms with van der Waals surface area (Å²) in [4.78, 5) is 25.2. The Hall–Kier alpha value is -3.02. The van der Waals surface area contributed by atoms with Crippen molar-refractivity contribution >= 4 is 12.2 Å². The van der Waals surface area contributed by atoms with Crippen LogP contribution in [0.1, 0.15) is 113 Å². The number of hydrogen-bond donors (Lipinski definition) is 2. The Kier molecular flexibility index (Phi) is 12.1. The van der Waals surface area contributed by atoms with Crippen molar-refractivity contribution < 1.29 is 19.1 Å². The molecule has 0 radical (unpaired) electrons. The first-order valence-corrected chi connectivity index (χ1v) is 14.2. The van der Waals surface area contributed by atoms with E-state index in [2.05, 4.69) is 52.2 Å². The minimum Gasteiger partial charge on any atom is -0.410 e. The summed E-state index contributed by atoms with van der Waals surface area (Å²) in [5, 5.41) is 5.82. The molecular weight excluding hydrogens is 488 g/mol. The van der Waals surface area contributed by atoms with Gasteiger partial charge >= 0.3 is 12.2 Å². The largest absolute Gasteiger partial charge is 0.413 e. The molecule has 0 atom stereocenters. The molecule has 6 heteroatoms. The molecule has 0 aliphatic heterocycles. The second-order valence-corrected chi connectivity index (χ2v) is 12.5. The van der Waals surface area contributed by atoms with Crippen molar-refractivity contribution in [2.24, 2.45) is 0 Å². The number of rotatable bonds is 10. The molecule has 218 valence electrons. The Bertz CT molecular complexity index is 967. The lowest BCUT2D eigenvalue weighted by atomic mass is 9.82. The van der Waals surface area contributed by atoms with E-state index in [-0.39, 0.29) is 10.8 Å². The lowest BCUT2D eigenvalue weighted by molar-refractivity contribution is 0.168. The molecule has 0 aliphatic rings. The van der Waals surface area contributed by atoms with Crippen LogP contribution in [0.4, 0.5) is 9.59 Å². The predicted molar refractivity (Wildman–Crippen MR) is 162 cm³/mol. The summed E-state index contributed by atoms with van der Waals surface area (Å²) in [6, 6.07) is 15.2. The fourth-order valence-electron chi connectivity index (χ4n) is 4.37. The average Bonchev–Trinajstić information content (AvgIpc) is 2.84. The van der Waals surface area contributed by atoms with Crippen LogP contribution < -0.4 is 20.1 Å². The van der Waals surface area contributed by atoms with Crippen molar-refractivity contribution in [2.45, 2.75) is 124 Å². The van der Waals surface area contributed by atoms with Gasteiger partial charge in [-0.1, -0.05) is 79.7 Å². The van der Waals surface area contributed by atoms with Crippen molar-refractivity contribution in [1.29, 1.82) is 0 Å². The third-order valence-electron chi connectivity index (χ3n) is 7.23. The number of carbonyl (C=O) groups is 2. The summed E-state index contributed by atoms with van der Waals surface area (Å²) in [6.07, 6.45) is 1.41. The van der Waals surface area contributed by atoms with Crippen molar-refractivity contribution in [1.82, 2.24) is 10.6 Å². The van der Waals surface area contributed by atoms with Gasteiger partial charge in [0.15, 0.2) is 0 Å². The fraction of sp³-hybridized carbons (Fsp3) is 0.576. The molecule has 0 unspecified atom stereocenters. The highest BCUT2D eigenvalue weighted by atomic mass is 16.6. The van der Waals surface area contributed by atoms with E-state index >= 15 is 0 Å². The van der Waals surface area contributed by atoms with Crippen LogP contribution in [0.5, 0.6) is 11.5 Å². The third-order valence-corrected chi connectivity index (χ3v) is 7.23. The molecule has 6 nitrogen and oxygen atoms in total. The minimum atomic E-state index is -0.647. The smallest absolute Gasteiger partial charge is 0.410 e. The number of carbonyl (C=O) groups excluding carboxylic acids is 2. The van der Waals surface area contributed by atoms with E-state index in [1.165, 1.54) is 11.1 Å². The van der Waals surface area contributed by atoms with Gasteiger partial charge < -0.3 is 20.1 Å². The molecule has 0 heterocycles. The lowest BCUT2D eigenvalue weighted by Crippen LogP contribution is -2.54. The summed E-state index contributed by atoms with van der Waals surface area (Å²) >= 11 is 0. The Morgan fingerprint density at radius 1 is 0.590 bits per heavy atom. The molecule has 0 fully saturated rings. The minimum absolute atomic E-state index is 0.0674. The molecule has 0 aromatic heterocycles. The normalized spacial score (nSPS) is 12.1. The Morgan fingerprint density at radius 3 is 1.13 bits per heavy atom. The first-order chi connectivity index (χ1) is 18.0. The van der Waals surface area contributed by atoms with E-state index in [9.17, 15) is 9.59 Å². The summed E-state index contributed by atoms with van der Waals surface area (Å²) in [7, 11) is 0. The highest BCUT2D eigenvalue weighted by molar-refractivity contribution is 5.72. The summed E-state index contributed by atoms with van der Waals surface area (Å²) in [5.74, 6) is 0.969. The lowest BCUT2D eigenvalue weighted by Gasteiger charge is -2.35. The summed E-state index contributed by atoms with van der Waals surface area (Å²) < 4.78 is 11.0. The van der Waals surface area contributed by atoms with Crippen LogP contribution in [0.2, 0.25) is 0 Å². The number of nitrogens with one attached hydrogen (secondary N) is 2. The maximum atomic E-state index is 12.6. The van der Waals surface area contributed by atoms with Crippen molar-refractivity contribution in [3.8, 4) is 11.5 Å². The SMILES string of the molecule is CC.CCC(C)(C)c1ccc(OC(=O)NC(C)(C)CC(C)(C)NC(=O)Oc2ccc(C(C)(C)CC)cc2)cc1. The van der Waals surface area contributed by atoms with E-state index in [4.69, 9.17) is 9.47 Å². The van der Waals surface area contributed by atoms with E-state index in [0.29, 0.717) is 17.9 Å². The van der Waals surface area contributed by atoms with Crippen LogP contribution in [0.25, 0.3) is 0 Å². The van der Waals surface area contributed by atoms with Gasteiger partial charge in [-0.2, -0.15) is 0 Å². The van der Waals surface area contributed by atoms with E-state index in [1.54, 1.807) is 0 Å². The monoisotopic (exact) mass is 540 g/mol.